The van der Waals surface area contributed by atoms with Crippen LogP contribution >= 0.6 is 0 Å². The smallest absolute Gasteiger partial charge is 0.410 e. The van der Waals surface area contributed by atoms with Crippen molar-refractivity contribution in [2.24, 2.45) is 10.8 Å². The number of amides is 10. The van der Waals surface area contributed by atoms with E-state index >= 15 is 28.8 Å². The van der Waals surface area contributed by atoms with E-state index in [0.717, 1.165) is 31.3 Å². The molecule has 8 bridgehead atoms. The molecule has 0 saturated carbocycles. The molecule has 8 heterocycles. The Labute approximate surface area is 721 Å². The average Bonchev–Trinajstić information content (AvgIpc) is 1.65. The van der Waals surface area contributed by atoms with Gasteiger partial charge in [0.05, 0.1) is 37.7 Å². The highest BCUT2D eigenvalue weighted by atomic mass is 16.6. The molecule has 10 amide bonds. The van der Waals surface area contributed by atoms with Gasteiger partial charge < -0.3 is 65.4 Å². The number of nitriles is 1. The second kappa shape index (κ2) is 38.6. The number of aromatic nitrogens is 6. The predicted octanol–water partition coefficient (Wildman–Crippen LogP) is 8.11. The Morgan fingerprint density at radius 1 is 0.524 bits per heavy atom. The number of ether oxygens (including phenoxy) is 5. The first-order chi connectivity index (χ1) is 58.5. The van der Waals surface area contributed by atoms with E-state index in [1.165, 1.54) is 54.2 Å². The largest absolute Gasteiger partial charge is 0.487 e. The van der Waals surface area contributed by atoms with Crippen molar-refractivity contribution in [2.45, 2.75) is 232 Å². The fourth-order valence-corrected chi connectivity index (χ4v) is 15.2. The summed E-state index contributed by atoms with van der Waals surface area (Å²) in [6.07, 6.45) is 1.51. The first-order valence-electron chi connectivity index (χ1n) is 41.6. The van der Waals surface area contributed by atoms with E-state index in [2.05, 4.69) is 58.6 Å². The van der Waals surface area contributed by atoms with Gasteiger partial charge in [-0.3, -0.25) is 48.2 Å². The van der Waals surface area contributed by atoms with Crippen LogP contribution in [0.4, 0.5) is 9.59 Å². The SMILES string of the molecule is COC(=O)[C@@H]1Cc2ccc(cc2)OCc2cn(nn2)[C@@H]2CCN(C(=O)[C@@H](NC(=O)[C@H](C)N(C)C(=O)OC(C)(C)C)C(C)(C)C)[C@@H]2C(=O)N[C@@H](Cc2ccc3ccccc3c2)C(=O)N[C@H](C#N)Cc2ccc(cc2)OCc2cn(nn2)[C@@H]2CCN(C(=O)[C@@H](NC(=O)[C@H](C)N(C)C(=O)OC(C)(C)C)C(C)(C)C)[C@@H]2C(=O)N[C@@H](Cc2ccc3ccccc3c2)C(=O)N1. The van der Waals surface area contributed by atoms with Crippen LogP contribution < -0.4 is 41.4 Å². The highest BCUT2D eigenvalue weighted by Crippen LogP contribution is 2.36. The van der Waals surface area contributed by atoms with Gasteiger partial charge in [0.25, 0.3) is 0 Å². The number of rotatable bonds is 13. The Bertz CT molecular complexity index is 5290. The van der Waals surface area contributed by atoms with Gasteiger partial charge in [0.1, 0.15) is 108 Å². The number of likely N-dealkylation sites (N-methyl/N-ethyl adjacent to an activating group) is 2. The Morgan fingerprint density at radius 2 is 0.911 bits per heavy atom. The summed E-state index contributed by atoms with van der Waals surface area (Å²) in [5.41, 5.74) is -0.777. The Hall–Kier alpha value is -13.0. The van der Waals surface area contributed by atoms with Crippen LogP contribution in [0, 0.1) is 22.2 Å². The summed E-state index contributed by atoms with van der Waals surface area (Å²) in [4.78, 5) is 167. The van der Waals surface area contributed by atoms with Gasteiger partial charge in [-0.05, 0) is 147 Å². The molecule has 0 radical (unpaired) electrons. The van der Waals surface area contributed by atoms with Gasteiger partial charge in [-0.1, -0.05) is 161 Å². The van der Waals surface area contributed by atoms with Gasteiger partial charge in [0.2, 0.25) is 47.3 Å². The lowest BCUT2D eigenvalue weighted by atomic mass is 9.85. The van der Waals surface area contributed by atoms with E-state index in [0.29, 0.717) is 45.1 Å². The van der Waals surface area contributed by atoms with Crippen molar-refractivity contribution >= 4 is 87.0 Å². The fourth-order valence-electron chi connectivity index (χ4n) is 15.2. The predicted molar refractivity (Wildman–Crippen MR) is 458 cm³/mol. The molecule has 0 unspecified atom stereocenters. The van der Waals surface area contributed by atoms with Crippen molar-refractivity contribution in [1.29, 1.82) is 5.26 Å². The van der Waals surface area contributed by atoms with Gasteiger partial charge in [0.15, 0.2) is 0 Å². The normalized spacial score (nSPS) is 20.6. The van der Waals surface area contributed by atoms with Crippen LogP contribution in [0.2, 0.25) is 0 Å². The third-order valence-electron chi connectivity index (χ3n) is 22.3. The van der Waals surface area contributed by atoms with Crippen molar-refractivity contribution in [3.05, 3.63) is 179 Å². The third-order valence-corrected chi connectivity index (χ3v) is 22.3. The summed E-state index contributed by atoms with van der Waals surface area (Å²) in [6.45, 7) is 23.2. The molecule has 2 aromatic heterocycles. The first-order valence-corrected chi connectivity index (χ1v) is 41.6. The van der Waals surface area contributed by atoms with Crippen LogP contribution in [0.25, 0.3) is 21.5 Å². The number of likely N-dealkylation sites (tertiary alicyclic amines) is 2. The third kappa shape index (κ3) is 23.0. The number of benzene rings is 6. The lowest BCUT2D eigenvalue weighted by Crippen LogP contribution is -2.62. The Morgan fingerprint density at radius 3 is 1.29 bits per heavy atom. The van der Waals surface area contributed by atoms with Crippen LogP contribution in [-0.2, 0) is 96.3 Å². The van der Waals surface area contributed by atoms with Crippen LogP contribution in [-0.4, -0.2) is 221 Å². The molecule has 33 nitrogen and oxygen atoms in total. The molecule has 14 rings (SSSR count). The quantitative estimate of drug-likeness (QED) is 0.0468. The summed E-state index contributed by atoms with van der Waals surface area (Å²) in [5, 5.41) is 49.8. The summed E-state index contributed by atoms with van der Waals surface area (Å²) in [6, 6.07) is 27.1. The second-order valence-corrected chi connectivity index (χ2v) is 36.1. The zero-order valence-corrected chi connectivity index (χ0v) is 73.3. The highest BCUT2D eigenvalue weighted by molar-refractivity contribution is 5.99. The van der Waals surface area contributed by atoms with E-state index in [4.69, 9.17) is 23.7 Å². The van der Waals surface area contributed by atoms with E-state index < -0.39 is 160 Å². The van der Waals surface area contributed by atoms with Gasteiger partial charge in [-0.2, -0.15) is 5.26 Å². The summed E-state index contributed by atoms with van der Waals surface area (Å²) in [5.74, 6) is -5.86. The van der Waals surface area contributed by atoms with Crippen molar-refractivity contribution in [3.63, 3.8) is 0 Å². The molecular formula is C91H113N17O16. The standard InChI is InChI=1S/C91H113N17O16/c1-53(103(15)86(118)123-90(9,10)11)77(109)97-75(88(3,4)5)83(115)105-40-38-71-73(105)81(113)94-68(46-57-26-32-59-22-18-20-24-61(59)42-57)79(111)93-63(48-92)44-55-28-34-66(35-29-55)121-51-64-49-108(102-99-64)72-39-41-106(84(116)76(89(6,7)8)98-78(110)54(2)104(16)87(119)124-91(12,13)14)74(72)82(114)95-69(47-58-27-33-60-23-19-21-25-62(60)43-58)80(112)96-70(85(117)120-17)45-56-30-36-67(37-31-56)122-52-65-50-107(71)101-100-65/h18-37,42-43,49-50,53-54,63,68-76H,38-41,44-47,51-52H2,1-17H3,(H,93,111)(H,94,113)(H,95,114)(H,96,112)(H,97,109)(H,98,110)/t53-,54-,63-,68-,69-,70-,71+,72+,73-,74-,75+,76+/m0/s1. The van der Waals surface area contributed by atoms with E-state index in [9.17, 15) is 29.2 Å². The lowest BCUT2D eigenvalue weighted by molar-refractivity contribution is -0.146. The summed E-state index contributed by atoms with van der Waals surface area (Å²) in [7, 11) is 4.00. The maximum Gasteiger partial charge on any atom is 0.410 e. The summed E-state index contributed by atoms with van der Waals surface area (Å²) < 4.78 is 31.9. The molecule has 33 heteroatoms. The lowest BCUT2D eigenvalue weighted by Gasteiger charge is -2.37. The van der Waals surface area contributed by atoms with E-state index in [-0.39, 0.29) is 64.8 Å². The molecule has 658 valence electrons. The maximum atomic E-state index is 15.9. The molecule has 6 N–H and O–H groups in total. The zero-order chi connectivity index (χ0) is 90.0. The van der Waals surface area contributed by atoms with Crippen molar-refractivity contribution in [2.75, 3.05) is 34.3 Å². The number of nitrogens with zero attached hydrogens (tertiary/aromatic N) is 11. The molecule has 12 atom stereocenters. The van der Waals surface area contributed by atoms with E-state index in [1.807, 2.05) is 84.9 Å². The minimum Gasteiger partial charge on any atom is -0.487 e. The molecule has 6 aliphatic heterocycles. The summed E-state index contributed by atoms with van der Waals surface area (Å²) >= 11 is 0. The Balaban J connectivity index is 0.937. The molecule has 6 aromatic carbocycles. The van der Waals surface area contributed by atoms with E-state index in [1.54, 1.807) is 144 Å². The van der Waals surface area contributed by atoms with Crippen molar-refractivity contribution < 1.29 is 76.4 Å². The zero-order valence-electron chi connectivity index (χ0n) is 73.3. The van der Waals surface area contributed by atoms with Crippen molar-refractivity contribution in [1.82, 2.24) is 81.5 Å². The number of carbonyl (C=O) groups excluding carboxylic acids is 11. The van der Waals surface area contributed by atoms with Crippen LogP contribution in [0.5, 0.6) is 11.5 Å². The molecule has 0 aliphatic carbocycles. The fraction of sp³-hybridized carbons (Fsp3) is 0.473. The molecular weight excluding hydrogens is 1590 g/mol. The number of fused-ring (bicyclic) bond motifs is 2. The van der Waals surface area contributed by atoms with Gasteiger partial charge in [-0.15, -0.1) is 10.2 Å². The minimum absolute atomic E-state index is 0.0117. The van der Waals surface area contributed by atoms with Crippen LogP contribution in [0.15, 0.2) is 146 Å². The molecule has 8 aromatic rings. The van der Waals surface area contributed by atoms with Crippen molar-refractivity contribution in [3.8, 4) is 17.6 Å². The molecule has 0 spiro atoms. The van der Waals surface area contributed by atoms with Gasteiger partial charge >= 0.3 is 18.2 Å². The molecule has 2 saturated heterocycles. The second-order valence-electron chi connectivity index (χ2n) is 36.1. The van der Waals surface area contributed by atoms with Crippen LogP contribution in [0.1, 0.15) is 155 Å². The number of methoxy groups -OCH3 is 1. The monoisotopic (exact) mass is 1700 g/mol. The van der Waals surface area contributed by atoms with Gasteiger partial charge in [-0.25, -0.2) is 23.7 Å². The number of hydrogen-bond donors (Lipinski definition) is 6. The number of nitrogens with one attached hydrogen (secondary N) is 6. The molecule has 6 aliphatic rings. The topological polar surface area (TPSA) is 404 Å². The number of hydrogen-bond acceptors (Lipinski definition) is 21. The average molecular weight is 1700 g/mol. The van der Waals surface area contributed by atoms with Gasteiger partial charge in [0, 0.05) is 52.9 Å². The number of carbonyl (C=O) groups is 11. The Kier molecular flexibility index (Phi) is 28.5. The number of esters is 1. The highest BCUT2D eigenvalue weighted by Gasteiger charge is 2.51. The van der Waals surface area contributed by atoms with Crippen LogP contribution in [0.3, 0.4) is 0 Å². The molecule has 2 fully saturated rings. The molecule has 124 heavy (non-hydrogen) atoms. The minimum atomic E-state index is -1.44. The first kappa shape index (κ1) is 91.7. The maximum absolute atomic E-state index is 15.9.